The molecule has 0 aliphatic rings. The zero-order valence-corrected chi connectivity index (χ0v) is 50.7. The molecule has 1 atom stereocenters. The third-order valence-corrected chi connectivity index (χ3v) is 14.1. The highest BCUT2D eigenvalue weighted by atomic mass is 16.6. The van der Waals surface area contributed by atoms with Crippen LogP contribution < -0.4 is 0 Å². The van der Waals surface area contributed by atoms with Crippen molar-refractivity contribution in [2.75, 3.05) is 13.2 Å². The van der Waals surface area contributed by atoms with Gasteiger partial charge in [-0.3, -0.25) is 14.4 Å². The summed E-state index contributed by atoms with van der Waals surface area (Å²) in [5.41, 5.74) is 0. The van der Waals surface area contributed by atoms with E-state index >= 15 is 0 Å². The molecule has 0 N–H and O–H groups in total. The standard InChI is InChI=1S/C71H122O6/c1-4-7-10-13-16-19-22-25-28-30-32-34-35-37-38-40-43-46-49-52-55-58-61-64-70(73)76-67-68(66-75-69(72)63-60-57-54-51-48-45-42-27-24-21-18-15-12-9-6-3)77-71(74)65-62-59-56-53-50-47-44-41-39-36-33-31-29-26-23-20-17-14-11-8-5-2/h7,9-10,12,16,18-19,21,25,27-28,32,34,37-38,42,68H,4-6,8,11,13-15,17,20,22-24,26,29-31,33,35-36,39-41,43-67H2,1-3H3/b10-7-,12-9-,19-16-,21-18-,28-25-,34-32-,38-37-,42-27-. The molecule has 0 radical (unpaired) electrons. The van der Waals surface area contributed by atoms with E-state index in [4.69, 9.17) is 14.2 Å². The normalized spacial score (nSPS) is 12.7. The molecule has 1 unspecified atom stereocenters. The largest absolute Gasteiger partial charge is 0.462 e. The van der Waals surface area contributed by atoms with E-state index in [1.54, 1.807) is 0 Å². The van der Waals surface area contributed by atoms with Gasteiger partial charge < -0.3 is 14.2 Å². The van der Waals surface area contributed by atoms with Gasteiger partial charge in [0.15, 0.2) is 6.10 Å². The van der Waals surface area contributed by atoms with Crippen molar-refractivity contribution in [2.45, 2.75) is 322 Å². The molecule has 0 rings (SSSR count). The zero-order valence-electron chi connectivity index (χ0n) is 50.7. The first-order valence-electron chi connectivity index (χ1n) is 32.7. The molecular formula is C71H122O6. The number of rotatable bonds is 59. The maximum Gasteiger partial charge on any atom is 0.306 e. The Morgan fingerprint density at radius 3 is 0.792 bits per heavy atom. The van der Waals surface area contributed by atoms with Crippen molar-refractivity contribution < 1.29 is 28.6 Å². The van der Waals surface area contributed by atoms with E-state index in [-0.39, 0.29) is 31.1 Å². The topological polar surface area (TPSA) is 78.9 Å². The van der Waals surface area contributed by atoms with Gasteiger partial charge in [-0.05, 0) is 96.3 Å². The number of carbonyl (C=O) groups excluding carboxylic acids is 3. The lowest BCUT2D eigenvalue weighted by atomic mass is 10.0. The van der Waals surface area contributed by atoms with E-state index in [0.717, 1.165) is 135 Å². The van der Waals surface area contributed by atoms with Crippen LogP contribution in [0.5, 0.6) is 0 Å². The molecule has 0 aliphatic carbocycles. The second-order valence-electron chi connectivity index (χ2n) is 21.6. The molecule has 0 fully saturated rings. The molecule has 442 valence electrons. The van der Waals surface area contributed by atoms with Crippen LogP contribution in [0.2, 0.25) is 0 Å². The average molecular weight is 1070 g/mol. The number of esters is 3. The van der Waals surface area contributed by atoms with Crippen LogP contribution in [0.3, 0.4) is 0 Å². The molecule has 77 heavy (non-hydrogen) atoms. The molecule has 6 nitrogen and oxygen atoms in total. The number of allylic oxidation sites excluding steroid dienone is 16. The Kier molecular flexibility index (Phi) is 61.8. The van der Waals surface area contributed by atoms with Gasteiger partial charge in [-0.1, -0.05) is 298 Å². The van der Waals surface area contributed by atoms with Gasteiger partial charge in [0.2, 0.25) is 0 Å². The first-order chi connectivity index (χ1) is 38.0. The highest BCUT2D eigenvalue weighted by Gasteiger charge is 2.19. The third-order valence-electron chi connectivity index (χ3n) is 14.1. The number of ether oxygens (including phenoxy) is 3. The summed E-state index contributed by atoms with van der Waals surface area (Å²) < 4.78 is 16.9. The third kappa shape index (κ3) is 63.0. The SMILES string of the molecule is CC/C=C\C/C=C\C/C=C\C/C=C\C/C=C\CCCCCCCCCC(=O)OCC(COC(=O)CCCCCCC/C=C\C/C=C\C/C=C\CC)OC(=O)CCCCCCCCCCCCCCCCCCCCCCC. The lowest BCUT2D eigenvalue weighted by molar-refractivity contribution is -0.167. The fourth-order valence-electron chi connectivity index (χ4n) is 9.25. The number of hydrogen-bond acceptors (Lipinski definition) is 6. The highest BCUT2D eigenvalue weighted by molar-refractivity contribution is 5.71. The maximum absolute atomic E-state index is 12.9. The number of hydrogen-bond donors (Lipinski definition) is 0. The molecule has 0 saturated carbocycles. The van der Waals surface area contributed by atoms with Gasteiger partial charge in [0.05, 0.1) is 0 Å². The lowest BCUT2D eigenvalue weighted by Gasteiger charge is -2.18. The second kappa shape index (κ2) is 64.9. The van der Waals surface area contributed by atoms with Crippen LogP contribution in [-0.4, -0.2) is 37.2 Å². The minimum absolute atomic E-state index is 0.0872. The molecular weight excluding hydrogens is 949 g/mol. The van der Waals surface area contributed by atoms with Crippen LogP contribution in [0.1, 0.15) is 316 Å². The summed E-state index contributed by atoms with van der Waals surface area (Å²) in [6.45, 7) is 6.43. The van der Waals surface area contributed by atoms with E-state index in [0.29, 0.717) is 19.3 Å². The van der Waals surface area contributed by atoms with Crippen molar-refractivity contribution in [3.8, 4) is 0 Å². The fraction of sp³-hybridized carbons (Fsp3) is 0.732. The number of unbranched alkanes of at least 4 members (excludes halogenated alkanes) is 32. The quantitative estimate of drug-likeness (QED) is 0.0261. The van der Waals surface area contributed by atoms with Crippen molar-refractivity contribution in [1.82, 2.24) is 0 Å². The van der Waals surface area contributed by atoms with Gasteiger partial charge in [-0.15, -0.1) is 0 Å². The van der Waals surface area contributed by atoms with Crippen LogP contribution in [0.15, 0.2) is 97.2 Å². The Hall–Kier alpha value is -3.67. The number of carbonyl (C=O) groups is 3. The van der Waals surface area contributed by atoms with Crippen LogP contribution in [-0.2, 0) is 28.6 Å². The van der Waals surface area contributed by atoms with Crippen LogP contribution >= 0.6 is 0 Å². The summed E-state index contributed by atoms with van der Waals surface area (Å²) in [4.78, 5) is 38.4. The first kappa shape index (κ1) is 73.3. The van der Waals surface area contributed by atoms with Crippen LogP contribution in [0.4, 0.5) is 0 Å². The Balaban J connectivity index is 4.38. The lowest BCUT2D eigenvalue weighted by Crippen LogP contribution is -2.30. The smallest absolute Gasteiger partial charge is 0.306 e. The van der Waals surface area contributed by atoms with Gasteiger partial charge in [-0.2, -0.15) is 0 Å². The molecule has 0 spiro atoms. The Labute approximate surface area is 477 Å². The second-order valence-corrected chi connectivity index (χ2v) is 21.6. The Morgan fingerprint density at radius 1 is 0.273 bits per heavy atom. The molecule has 6 heteroatoms. The van der Waals surface area contributed by atoms with E-state index in [1.807, 2.05) is 0 Å². The van der Waals surface area contributed by atoms with Crippen LogP contribution in [0, 0.1) is 0 Å². The molecule has 0 saturated heterocycles. The van der Waals surface area contributed by atoms with Crippen molar-refractivity contribution in [3.05, 3.63) is 97.2 Å². The molecule has 0 bridgehead atoms. The Bertz CT molecular complexity index is 1510. The van der Waals surface area contributed by atoms with Gasteiger partial charge >= 0.3 is 17.9 Å². The maximum atomic E-state index is 12.9. The predicted molar refractivity (Wildman–Crippen MR) is 334 cm³/mol. The predicted octanol–water partition coefficient (Wildman–Crippen LogP) is 22.4. The zero-order chi connectivity index (χ0) is 55.7. The van der Waals surface area contributed by atoms with Gasteiger partial charge in [0.25, 0.3) is 0 Å². The van der Waals surface area contributed by atoms with E-state index in [2.05, 4.69) is 118 Å². The molecule has 0 aromatic carbocycles. The van der Waals surface area contributed by atoms with Crippen molar-refractivity contribution in [2.24, 2.45) is 0 Å². The minimum atomic E-state index is -0.790. The molecule has 0 aromatic heterocycles. The average Bonchev–Trinajstić information content (AvgIpc) is 3.43. The summed E-state index contributed by atoms with van der Waals surface area (Å²) in [7, 11) is 0. The van der Waals surface area contributed by atoms with E-state index < -0.39 is 6.10 Å². The van der Waals surface area contributed by atoms with Gasteiger partial charge in [0, 0.05) is 19.3 Å². The van der Waals surface area contributed by atoms with Gasteiger partial charge in [0.1, 0.15) is 13.2 Å². The fourth-order valence-corrected chi connectivity index (χ4v) is 9.25. The van der Waals surface area contributed by atoms with Crippen molar-refractivity contribution >= 4 is 17.9 Å². The first-order valence-corrected chi connectivity index (χ1v) is 32.7. The molecule has 0 aromatic rings. The summed E-state index contributed by atoms with van der Waals surface area (Å²) in [6, 6.07) is 0. The van der Waals surface area contributed by atoms with Crippen molar-refractivity contribution in [3.63, 3.8) is 0 Å². The highest BCUT2D eigenvalue weighted by Crippen LogP contribution is 2.17. The molecule has 0 aliphatic heterocycles. The van der Waals surface area contributed by atoms with Crippen molar-refractivity contribution in [1.29, 1.82) is 0 Å². The summed E-state index contributed by atoms with van der Waals surface area (Å²) >= 11 is 0. The minimum Gasteiger partial charge on any atom is -0.462 e. The Morgan fingerprint density at radius 2 is 0.506 bits per heavy atom. The van der Waals surface area contributed by atoms with E-state index in [1.165, 1.54) is 141 Å². The summed E-state index contributed by atoms with van der Waals surface area (Å²) in [5.74, 6) is -0.900. The summed E-state index contributed by atoms with van der Waals surface area (Å²) in [6.07, 6.45) is 87.0. The van der Waals surface area contributed by atoms with E-state index in [9.17, 15) is 14.4 Å². The van der Waals surface area contributed by atoms with Gasteiger partial charge in [-0.25, -0.2) is 0 Å². The summed E-state index contributed by atoms with van der Waals surface area (Å²) in [5, 5.41) is 0. The van der Waals surface area contributed by atoms with Crippen LogP contribution in [0.25, 0.3) is 0 Å². The molecule has 0 heterocycles. The molecule has 0 amide bonds. The monoisotopic (exact) mass is 1070 g/mol.